The van der Waals surface area contributed by atoms with Crippen LogP contribution in [0.5, 0.6) is 0 Å². The van der Waals surface area contributed by atoms with Gasteiger partial charge in [0.25, 0.3) is 5.69 Å². The summed E-state index contributed by atoms with van der Waals surface area (Å²) < 4.78 is 3.00. The Hall–Kier alpha value is -2.98. The Morgan fingerprint density at radius 2 is 2.11 bits per heavy atom. The molecule has 0 aliphatic carbocycles. The summed E-state index contributed by atoms with van der Waals surface area (Å²) in [5, 5.41) is 22.7. The minimum Gasteiger partial charge on any atom is -0.320 e. The Kier molecular flexibility index (Phi) is 4.50. The average molecular weight is 399 g/mol. The van der Waals surface area contributed by atoms with Gasteiger partial charge in [-0.3, -0.25) is 19.3 Å². The molecule has 4 rings (SSSR count). The molecule has 0 spiro atoms. The van der Waals surface area contributed by atoms with E-state index in [0.717, 1.165) is 20.7 Å². The second-order valence-electron chi connectivity index (χ2n) is 5.78. The lowest BCUT2D eigenvalue weighted by molar-refractivity contribution is -0.384. The fraction of sp³-hybridized carbons (Fsp3) is 0.118. The molecule has 0 atom stereocenters. The van der Waals surface area contributed by atoms with Crippen LogP contribution in [0, 0.1) is 17.0 Å². The van der Waals surface area contributed by atoms with Crippen LogP contribution in [0.25, 0.3) is 15.2 Å². The molecular formula is C17H13N5O3S2. The highest BCUT2D eigenvalue weighted by atomic mass is 32.2. The van der Waals surface area contributed by atoms with Crippen LogP contribution in [0.1, 0.15) is 5.56 Å². The van der Waals surface area contributed by atoms with Gasteiger partial charge in [0.2, 0.25) is 10.9 Å². The summed E-state index contributed by atoms with van der Waals surface area (Å²) in [6.07, 6.45) is 0. The van der Waals surface area contributed by atoms with Crippen molar-refractivity contribution in [2.24, 2.45) is 0 Å². The molecule has 0 unspecified atom stereocenters. The molecule has 2 aromatic carbocycles. The van der Waals surface area contributed by atoms with Gasteiger partial charge in [0, 0.05) is 6.07 Å². The fourth-order valence-electron chi connectivity index (χ4n) is 2.66. The van der Waals surface area contributed by atoms with E-state index in [0.29, 0.717) is 5.16 Å². The average Bonchev–Trinajstić information content (AvgIpc) is 3.20. The maximum atomic E-state index is 12.3. The van der Waals surface area contributed by atoms with Crippen molar-refractivity contribution in [2.45, 2.75) is 12.1 Å². The quantitative estimate of drug-likeness (QED) is 0.310. The smallest absolute Gasteiger partial charge is 0.293 e. The van der Waals surface area contributed by atoms with Crippen molar-refractivity contribution in [3.8, 4) is 0 Å². The molecule has 2 aromatic heterocycles. The van der Waals surface area contributed by atoms with Crippen molar-refractivity contribution in [1.29, 1.82) is 0 Å². The minimum atomic E-state index is -0.505. The van der Waals surface area contributed by atoms with Gasteiger partial charge in [-0.1, -0.05) is 41.3 Å². The van der Waals surface area contributed by atoms with E-state index in [1.165, 1.54) is 35.2 Å². The monoisotopic (exact) mass is 399 g/mol. The van der Waals surface area contributed by atoms with Crippen LogP contribution < -0.4 is 5.32 Å². The van der Waals surface area contributed by atoms with Crippen molar-refractivity contribution < 1.29 is 9.72 Å². The molecule has 2 heterocycles. The Labute approximate surface area is 161 Å². The van der Waals surface area contributed by atoms with E-state index in [-0.39, 0.29) is 23.0 Å². The lowest BCUT2D eigenvalue weighted by Crippen LogP contribution is -2.15. The molecule has 27 heavy (non-hydrogen) atoms. The summed E-state index contributed by atoms with van der Waals surface area (Å²) in [6, 6.07) is 12.6. The molecule has 0 aliphatic heterocycles. The van der Waals surface area contributed by atoms with Gasteiger partial charge >= 0.3 is 0 Å². The standard InChI is InChI=1S/C17H13N5O3S2/c1-10-6-7-11(13(8-10)22(24)25)18-15(23)9-26-16-19-20-17-21(16)12-4-2-3-5-14(12)27-17/h2-8H,9H2,1H3,(H,18,23). The zero-order chi connectivity index (χ0) is 19.0. The van der Waals surface area contributed by atoms with Crippen molar-refractivity contribution in [2.75, 3.05) is 11.1 Å². The van der Waals surface area contributed by atoms with Crippen molar-refractivity contribution in [3.63, 3.8) is 0 Å². The van der Waals surface area contributed by atoms with E-state index in [4.69, 9.17) is 0 Å². The van der Waals surface area contributed by atoms with Gasteiger partial charge in [-0.2, -0.15) is 0 Å². The summed E-state index contributed by atoms with van der Waals surface area (Å²) in [4.78, 5) is 23.7. The van der Waals surface area contributed by atoms with Crippen LogP contribution in [-0.4, -0.2) is 31.2 Å². The molecule has 136 valence electrons. The predicted octanol–water partition coefficient (Wildman–Crippen LogP) is 3.89. The maximum absolute atomic E-state index is 12.3. The third-order valence-electron chi connectivity index (χ3n) is 3.87. The number of hydrogen-bond acceptors (Lipinski definition) is 7. The molecule has 4 aromatic rings. The number of carbonyl (C=O) groups excluding carboxylic acids is 1. The first-order valence-corrected chi connectivity index (χ1v) is 9.73. The third-order valence-corrected chi connectivity index (χ3v) is 5.81. The highest BCUT2D eigenvalue weighted by molar-refractivity contribution is 7.99. The number of aromatic nitrogens is 3. The molecule has 0 fully saturated rings. The van der Waals surface area contributed by atoms with Crippen molar-refractivity contribution in [1.82, 2.24) is 14.6 Å². The summed E-state index contributed by atoms with van der Waals surface area (Å²) in [5.74, 6) is -0.279. The topological polar surface area (TPSA) is 102 Å². The molecule has 8 nitrogen and oxygen atoms in total. The first-order valence-electron chi connectivity index (χ1n) is 7.93. The van der Waals surface area contributed by atoms with Crippen LogP contribution in [-0.2, 0) is 4.79 Å². The number of thioether (sulfide) groups is 1. The van der Waals surface area contributed by atoms with E-state index in [9.17, 15) is 14.9 Å². The van der Waals surface area contributed by atoms with Gasteiger partial charge in [-0.15, -0.1) is 10.2 Å². The SMILES string of the molecule is Cc1ccc(NC(=O)CSc2nnc3sc4ccccc4n23)c([N+](=O)[O-])c1. The zero-order valence-electron chi connectivity index (χ0n) is 14.1. The zero-order valence-corrected chi connectivity index (χ0v) is 15.7. The number of anilines is 1. The first kappa shape index (κ1) is 17.4. The second-order valence-corrected chi connectivity index (χ2v) is 7.74. The van der Waals surface area contributed by atoms with Crippen molar-refractivity contribution >= 4 is 55.6 Å². The molecular weight excluding hydrogens is 386 g/mol. The maximum Gasteiger partial charge on any atom is 0.293 e. The highest BCUT2D eigenvalue weighted by Gasteiger charge is 2.18. The third kappa shape index (κ3) is 3.36. The lowest BCUT2D eigenvalue weighted by atomic mass is 10.2. The van der Waals surface area contributed by atoms with Crippen LogP contribution in [0.4, 0.5) is 11.4 Å². The summed E-state index contributed by atoms with van der Waals surface area (Å²) in [7, 11) is 0. The van der Waals surface area contributed by atoms with Crippen LogP contribution in [0.2, 0.25) is 0 Å². The number of nitro groups is 1. The number of nitrogens with zero attached hydrogens (tertiary/aromatic N) is 4. The number of hydrogen-bond donors (Lipinski definition) is 1. The molecule has 0 saturated heterocycles. The Morgan fingerprint density at radius 1 is 1.30 bits per heavy atom. The first-order chi connectivity index (χ1) is 13.0. The molecule has 1 amide bonds. The van der Waals surface area contributed by atoms with Gasteiger partial charge in [-0.05, 0) is 30.7 Å². The van der Waals surface area contributed by atoms with E-state index in [2.05, 4.69) is 15.5 Å². The lowest BCUT2D eigenvalue weighted by Gasteiger charge is -2.06. The molecule has 0 bridgehead atoms. The summed E-state index contributed by atoms with van der Waals surface area (Å²) in [6.45, 7) is 1.76. The molecule has 0 radical (unpaired) electrons. The Bertz CT molecular complexity index is 1180. The molecule has 0 saturated carbocycles. The van der Waals surface area contributed by atoms with Gasteiger partial charge in [0.1, 0.15) is 5.69 Å². The number of thiazole rings is 1. The van der Waals surface area contributed by atoms with Gasteiger partial charge in [0.05, 0.1) is 20.9 Å². The largest absolute Gasteiger partial charge is 0.320 e. The number of fused-ring (bicyclic) bond motifs is 3. The molecule has 10 heteroatoms. The number of nitrogens with one attached hydrogen (secondary N) is 1. The van der Waals surface area contributed by atoms with Gasteiger partial charge in [0.15, 0.2) is 5.16 Å². The number of nitro benzene ring substituents is 1. The number of para-hydroxylation sites is 1. The van der Waals surface area contributed by atoms with Crippen LogP contribution in [0.15, 0.2) is 47.6 Å². The van der Waals surface area contributed by atoms with E-state index >= 15 is 0 Å². The van der Waals surface area contributed by atoms with Gasteiger partial charge < -0.3 is 5.32 Å². The number of rotatable bonds is 5. The number of aryl methyl sites for hydroxylation is 1. The molecule has 0 aliphatic rings. The Morgan fingerprint density at radius 3 is 2.93 bits per heavy atom. The summed E-state index contributed by atoms with van der Waals surface area (Å²) >= 11 is 2.76. The van der Waals surface area contributed by atoms with E-state index in [1.807, 2.05) is 28.7 Å². The van der Waals surface area contributed by atoms with Crippen molar-refractivity contribution in [3.05, 3.63) is 58.1 Å². The van der Waals surface area contributed by atoms with Gasteiger partial charge in [-0.25, -0.2) is 0 Å². The fourth-order valence-corrected chi connectivity index (χ4v) is 4.43. The minimum absolute atomic E-state index is 0.0655. The van der Waals surface area contributed by atoms with Crippen LogP contribution >= 0.6 is 23.1 Å². The highest BCUT2D eigenvalue weighted by Crippen LogP contribution is 2.30. The Balaban J connectivity index is 1.52. The number of amides is 1. The van der Waals surface area contributed by atoms with E-state index in [1.54, 1.807) is 13.0 Å². The number of benzene rings is 2. The second kappa shape index (κ2) is 6.97. The molecule has 1 N–H and O–H groups in total. The predicted molar refractivity (Wildman–Crippen MR) is 106 cm³/mol. The summed E-state index contributed by atoms with van der Waals surface area (Å²) in [5.41, 5.74) is 1.80. The normalized spacial score (nSPS) is 11.1. The number of carbonyl (C=O) groups is 1. The van der Waals surface area contributed by atoms with E-state index < -0.39 is 4.92 Å². The van der Waals surface area contributed by atoms with Crippen LogP contribution in [0.3, 0.4) is 0 Å².